The molecule has 0 spiro atoms. The van der Waals surface area contributed by atoms with Gasteiger partial charge in [0, 0.05) is 16.1 Å². The summed E-state index contributed by atoms with van der Waals surface area (Å²) in [5.74, 6) is 0.840. The minimum atomic E-state index is -0.0273. The lowest BCUT2D eigenvalue weighted by Gasteiger charge is -2.28. The van der Waals surface area contributed by atoms with Crippen molar-refractivity contribution in [1.82, 2.24) is 0 Å². The summed E-state index contributed by atoms with van der Waals surface area (Å²) in [6.45, 7) is 6.37. The van der Waals surface area contributed by atoms with Gasteiger partial charge in [-0.3, -0.25) is 0 Å². The van der Waals surface area contributed by atoms with Gasteiger partial charge < -0.3 is 10.5 Å². The second-order valence-electron chi connectivity index (χ2n) is 4.73. The molecule has 0 aliphatic heterocycles. The predicted octanol–water partition coefficient (Wildman–Crippen LogP) is 3.50. The molecule has 1 unspecified atom stereocenters. The Morgan fingerprint density at radius 2 is 1.93 bits per heavy atom. The van der Waals surface area contributed by atoms with E-state index < -0.39 is 0 Å². The van der Waals surface area contributed by atoms with Crippen molar-refractivity contribution in [2.45, 2.75) is 26.8 Å². The fourth-order valence-electron chi connectivity index (χ4n) is 1.41. The molecule has 0 amide bonds. The molecular formula is C12H18BrNO. The molecule has 1 atom stereocenters. The zero-order chi connectivity index (χ0) is 11.6. The lowest BCUT2D eigenvalue weighted by atomic mass is 9.83. The molecule has 0 saturated carbocycles. The van der Waals surface area contributed by atoms with Crippen LogP contribution < -0.4 is 10.5 Å². The molecule has 0 radical (unpaired) electrons. The summed E-state index contributed by atoms with van der Waals surface area (Å²) in [7, 11) is 1.67. The lowest BCUT2D eigenvalue weighted by Crippen LogP contribution is -2.26. The summed E-state index contributed by atoms with van der Waals surface area (Å²) >= 11 is 3.42. The highest BCUT2D eigenvalue weighted by atomic mass is 79.9. The first kappa shape index (κ1) is 12.5. The molecule has 0 aliphatic carbocycles. The van der Waals surface area contributed by atoms with E-state index in [2.05, 4.69) is 36.7 Å². The largest absolute Gasteiger partial charge is 0.496 e. The van der Waals surface area contributed by atoms with Gasteiger partial charge in [-0.05, 0) is 17.5 Å². The Hall–Kier alpha value is -0.540. The summed E-state index contributed by atoms with van der Waals surface area (Å²) in [5.41, 5.74) is 7.28. The van der Waals surface area contributed by atoms with Crippen molar-refractivity contribution in [3.05, 3.63) is 28.2 Å². The third kappa shape index (κ3) is 2.95. The maximum atomic E-state index is 6.20. The SMILES string of the molecule is COc1cc(Br)ccc1C(N)C(C)(C)C. The minimum absolute atomic E-state index is 0.0273. The predicted molar refractivity (Wildman–Crippen MR) is 67.1 cm³/mol. The Labute approximate surface area is 99.9 Å². The monoisotopic (exact) mass is 271 g/mol. The van der Waals surface area contributed by atoms with E-state index in [9.17, 15) is 0 Å². The van der Waals surface area contributed by atoms with E-state index >= 15 is 0 Å². The van der Waals surface area contributed by atoms with Gasteiger partial charge in [-0.25, -0.2) is 0 Å². The van der Waals surface area contributed by atoms with Gasteiger partial charge >= 0.3 is 0 Å². The summed E-state index contributed by atoms with van der Waals surface area (Å²) in [6, 6.07) is 5.92. The van der Waals surface area contributed by atoms with E-state index in [1.54, 1.807) is 7.11 Å². The number of hydrogen-bond donors (Lipinski definition) is 1. The van der Waals surface area contributed by atoms with Crippen LogP contribution in [0.15, 0.2) is 22.7 Å². The number of hydrogen-bond acceptors (Lipinski definition) is 2. The van der Waals surface area contributed by atoms with Crippen molar-refractivity contribution in [1.29, 1.82) is 0 Å². The first-order valence-electron chi connectivity index (χ1n) is 4.95. The molecule has 1 rings (SSSR count). The Balaban J connectivity index is 3.14. The van der Waals surface area contributed by atoms with E-state index in [4.69, 9.17) is 10.5 Å². The molecule has 0 bridgehead atoms. The zero-order valence-electron chi connectivity index (χ0n) is 9.67. The van der Waals surface area contributed by atoms with Gasteiger partial charge in [-0.15, -0.1) is 0 Å². The number of halogens is 1. The van der Waals surface area contributed by atoms with Crippen molar-refractivity contribution < 1.29 is 4.74 Å². The van der Waals surface area contributed by atoms with Crippen molar-refractivity contribution in [2.24, 2.45) is 11.1 Å². The van der Waals surface area contributed by atoms with E-state index in [1.165, 1.54) is 0 Å². The molecule has 2 nitrogen and oxygen atoms in total. The number of nitrogens with two attached hydrogens (primary N) is 1. The zero-order valence-corrected chi connectivity index (χ0v) is 11.3. The Kier molecular flexibility index (Phi) is 3.79. The van der Waals surface area contributed by atoms with Crippen LogP contribution in [-0.4, -0.2) is 7.11 Å². The Morgan fingerprint density at radius 3 is 2.40 bits per heavy atom. The first-order chi connectivity index (χ1) is 6.86. The molecule has 0 saturated heterocycles. The van der Waals surface area contributed by atoms with Crippen molar-refractivity contribution in [2.75, 3.05) is 7.11 Å². The molecule has 0 fully saturated rings. The minimum Gasteiger partial charge on any atom is -0.496 e. The van der Waals surface area contributed by atoms with E-state index in [0.717, 1.165) is 15.8 Å². The molecule has 3 heteroatoms. The van der Waals surface area contributed by atoms with E-state index in [-0.39, 0.29) is 11.5 Å². The van der Waals surface area contributed by atoms with Crippen LogP contribution in [-0.2, 0) is 0 Å². The fourth-order valence-corrected chi connectivity index (χ4v) is 1.75. The first-order valence-corrected chi connectivity index (χ1v) is 5.74. The van der Waals surface area contributed by atoms with Gasteiger partial charge in [0.2, 0.25) is 0 Å². The van der Waals surface area contributed by atoms with Crippen LogP contribution in [0.4, 0.5) is 0 Å². The molecule has 0 aliphatic rings. The summed E-state index contributed by atoms with van der Waals surface area (Å²) in [4.78, 5) is 0. The van der Waals surface area contributed by atoms with Crippen LogP contribution in [0.2, 0.25) is 0 Å². The van der Waals surface area contributed by atoms with Gasteiger partial charge in [0.05, 0.1) is 7.11 Å². The Bertz CT molecular complexity index is 344. The molecule has 15 heavy (non-hydrogen) atoms. The number of ether oxygens (including phenoxy) is 1. The summed E-state index contributed by atoms with van der Waals surface area (Å²) in [6.07, 6.45) is 0. The van der Waals surface area contributed by atoms with Crippen LogP contribution in [0, 0.1) is 5.41 Å². The normalized spacial score (nSPS) is 13.7. The second kappa shape index (κ2) is 4.54. The molecule has 2 N–H and O–H groups in total. The van der Waals surface area contributed by atoms with Crippen molar-refractivity contribution >= 4 is 15.9 Å². The van der Waals surface area contributed by atoms with Gasteiger partial charge in [-0.1, -0.05) is 42.8 Å². The van der Waals surface area contributed by atoms with Gasteiger partial charge in [-0.2, -0.15) is 0 Å². The molecule has 1 aromatic carbocycles. The fraction of sp³-hybridized carbons (Fsp3) is 0.500. The number of rotatable bonds is 2. The number of methoxy groups -OCH3 is 1. The third-order valence-electron chi connectivity index (χ3n) is 2.46. The van der Waals surface area contributed by atoms with E-state index in [0.29, 0.717) is 0 Å². The molecule has 84 valence electrons. The van der Waals surface area contributed by atoms with Gasteiger partial charge in [0.15, 0.2) is 0 Å². The molecular weight excluding hydrogens is 254 g/mol. The van der Waals surface area contributed by atoms with Crippen molar-refractivity contribution in [3.8, 4) is 5.75 Å². The van der Waals surface area contributed by atoms with E-state index in [1.807, 2.05) is 18.2 Å². The maximum Gasteiger partial charge on any atom is 0.124 e. The van der Waals surface area contributed by atoms with Crippen molar-refractivity contribution in [3.63, 3.8) is 0 Å². The maximum absolute atomic E-state index is 6.20. The highest BCUT2D eigenvalue weighted by molar-refractivity contribution is 9.10. The summed E-state index contributed by atoms with van der Waals surface area (Å²) < 4.78 is 6.34. The van der Waals surface area contributed by atoms with Crippen LogP contribution in [0.3, 0.4) is 0 Å². The van der Waals surface area contributed by atoms with Crippen LogP contribution in [0.5, 0.6) is 5.75 Å². The van der Waals surface area contributed by atoms with Gasteiger partial charge in [0.1, 0.15) is 5.75 Å². The lowest BCUT2D eigenvalue weighted by molar-refractivity contribution is 0.314. The topological polar surface area (TPSA) is 35.2 Å². The summed E-state index contributed by atoms with van der Waals surface area (Å²) in [5, 5.41) is 0. The quantitative estimate of drug-likeness (QED) is 0.894. The Morgan fingerprint density at radius 1 is 1.33 bits per heavy atom. The smallest absolute Gasteiger partial charge is 0.124 e. The molecule has 0 aromatic heterocycles. The highest BCUT2D eigenvalue weighted by Gasteiger charge is 2.24. The second-order valence-corrected chi connectivity index (χ2v) is 5.65. The molecule has 0 heterocycles. The average molecular weight is 272 g/mol. The average Bonchev–Trinajstić information content (AvgIpc) is 2.15. The van der Waals surface area contributed by atoms with Crippen LogP contribution in [0.1, 0.15) is 32.4 Å². The molecule has 1 aromatic rings. The number of benzene rings is 1. The third-order valence-corrected chi connectivity index (χ3v) is 2.96. The van der Waals surface area contributed by atoms with Gasteiger partial charge in [0.25, 0.3) is 0 Å². The highest BCUT2D eigenvalue weighted by Crippen LogP contribution is 2.36. The standard InChI is InChI=1S/C12H18BrNO/c1-12(2,3)11(14)9-6-5-8(13)7-10(9)15-4/h5-7,11H,14H2,1-4H3. The van der Waals surface area contributed by atoms with Crippen LogP contribution >= 0.6 is 15.9 Å². The van der Waals surface area contributed by atoms with Crippen LogP contribution in [0.25, 0.3) is 0 Å².